The van der Waals surface area contributed by atoms with Gasteiger partial charge in [-0.1, -0.05) is 0 Å². The summed E-state index contributed by atoms with van der Waals surface area (Å²) in [5, 5.41) is 12.1. The maximum Gasteiger partial charge on any atom is 0.146 e. The monoisotopic (exact) mass is 678 g/mol. The van der Waals surface area contributed by atoms with Crippen LogP contribution in [0.15, 0.2) is 12.1 Å². The molecule has 6 heteroatoms. The first-order valence-electron chi connectivity index (χ1n) is 4.50. The maximum atomic E-state index is 9.96. The lowest BCUT2D eigenvalue weighted by molar-refractivity contribution is 0.409. The summed E-state index contributed by atoms with van der Waals surface area (Å²) < 4.78 is 9.31. The van der Waals surface area contributed by atoms with Gasteiger partial charge in [-0.05, 0) is 102 Å². The highest BCUT2D eigenvalue weighted by atomic mass is 127. The zero-order chi connectivity index (χ0) is 12.7. The van der Waals surface area contributed by atoms with Crippen molar-refractivity contribution in [1.82, 2.24) is 0 Å². The van der Waals surface area contributed by atoms with Crippen molar-refractivity contribution >= 4 is 101 Å². The number of hydrogen-bond donors (Lipinski definition) is 1. The molecule has 0 bridgehead atoms. The van der Waals surface area contributed by atoms with E-state index in [2.05, 4.69) is 96.4 Å². The van der Waals surface area contributed by atoms with Gasteiger partial charge in [0.05, 0.1) is 21.4 Å². The molecular weight excluding hydrogens is 672 g/mol. The molecule has 1 N–H and O–H groups in total. The Morgan fingerprint density at radius 3 is 2.06 bits per heavy atom. The molecule has 0 saturated carbocycles. The van der Waals surface area contributed by atoms with Crippen molar-refractivity contribution in [3.8, 4) is 11.5 Å². The van der Waals surface area contributed by atoms with E-state index in [0.29, 0.717) is 5.75 Å². The first kappa shape index (κ1) is 14.6. The second kappa shape index (κ2) is 5.69. The zero-order valence-corrected chi connectivity index (χ0v) is 17.2. The summed E-state index contributed by atoms with van der Waals surface area (Å²) in [6, 6.07) is 4.04. The van der Waals surface area contributed by atoms with Crippen molar-refractivity contribution in [3.05, 3.63) is 26.4 Å². The molecule has 2 rings (SSSR count). The van der Waals surface area contributed by atoms with Crippen molar-refractivity contribution in [2.45, 2.75) is 0 Å². The molecular formula is C11H6I4O2. The molecule has 2 nitrogen and oxygen atoms in total. The van der Waals surface area contributed by atoms with Gasteiger partial charge in [-0.15, -0.1) is 0 Å². The molecule has 0 spiro atoms. The van der Waals surface area contributed by atoms with Crippen LogP contribution in [0.25, 0.3) is 10.8 Å². The second-order valence-electron chi connectivity index (χ2n) is 3.32. The van der Waals surface area contributed by atoms with Crippen molar-refractivity contribution < 1.29 is 9.84 Å². The van der Waals surface area contributed by atoms with Crippen LogP contribution in [0.2, 0.25) is 0 Å². The fraction of sp³-hybridized carbons (Fsp3) is 0.0909. The highest BCUT2D eigenvalue weighted by Gasteiger charge is 2.16. The Bertz CT molecular complexity index is 610. The van der Waals surface area contributed by atoms with E-state index in [-0.39, 0.29) is 0 Å². The number of aromatic hydroxyl groups is 1. The Kier molecular flexibility index (Phi) is 4.89. The smallest absolute Gasteiger partial charge is 0.146 e. The third-order valence-corrected chi connectivity index (χ3v) is 6.15. The lowest BCUT2D eigenvalue weighted by Crippen LogP contribution is -1.94. The molecule has 0 heterocycles. The molecule has 0 aromatic heterocycles. The number of phenolic OH excluding ortho intramolecular Hbond substituents is 1. The number of rotatable bonds is 1. The van der Waals surface area contributed by atoms with Gasteiger partial charge < -0.3 is 9.84 Å². The van der Waals surface area contributed by atoms with Crippen LogP contribution < -0.4 is 4.74 Å². The maximum absolute atomic E-state index is 9.96. The average molecular weight is 678 g/mol. The Morgan fingerprint density at radius 2 is 1.47 bits per heavy atom. The molecule has 0 amide bonds. The van der Waals surface area contributed by atoms with Crippen LogP contribution in [0.3, 0.4) is 0 Å². The van der Waals surface area contributed by atoms with E-state index in [1.807, 2.05) is 6.07 Å². The molecule has 0 radical (unpaired) electrons. The molecule has 0 unspecified atom stereocenters. The lowest BCUT2D eigenvalue weighted by atomic mass is 10.1. The number of halogens is 4. The predicted octanol–water partition coefficient (Wildman–Crippen LogP) is 4.97. The van der Waals surface area contributed by atoms with Gasteiger partial charge in [0.25, 0.3) is 0 Å². The van der Waals surface area contributed by atoms with Crippen LogP contribution in [-0.2, 0) is 0 Å². The topological polar surface area (TPSA) is 29.5 Å². The average Bonchev–Trinajstić information content (AvgIpc) is 2.29. The molecule has 0 atom stereocenters. The summed E-state index contributed by atoms with van der Waals surface area (Å²) in [6.07, 6.45) is 0. The van der Waals surface area contributed by atoms with E-state index in [9.17, 15) is 5.11 Å². The summed E-state index contributed by atoms with van der Waals surface area (Å²) >= 11 is 8.88. The van der Waals surface area contributed by atoms with Gasteiger partial charge >= 0.3 is 0 Å². The van der Waals surface area contributed by atoms with E-state index in [4.69, 9.17) is 4.74 Å². The molecule has 0 fully saturated rings. The molecule has 0 aliphatic rings. The van der Waals surface area contributed by atoms with Crippen molar-refractivity contribution in [2.75, 3.05) is 7.11 Å². The third kappa shape index (κ3) is 2.59. The number of hydrogen-bond acceptors (Lipinski definition) is 2. The van der Waals surface area contributed by atoms with Gasteiger partial charge in [-0.25, -0.2) is 0 Å². The highest BCUT2D eigenvalue weighted by molar-refractivity contribution is 14.1. The molecule has 2 aromatic rings. The fourth-order valence-electron chi connectivity index (χ4n) is 1.55. The molecule has 0 aliphatic carbocycles. The van der Waals surface area contributed by atoms with Gasteiger partial charge in [-0.3, -0.25) is 0 Å². The molecule has 17 heavy (non-hydrogen) atoms. The number of benzene rings is 2. The van der Waals surface area contributed by atoms with E-state index in [1.54, 1.807) is 7.11 Å². The summed E-state index contributed by atoms with van der Waals surface area (Å²) in [7, 11) is 1.68. The van der Waals surface area contributed by atoms with E-state index in [0.717, 1.165) is 30.8 Å². The Morgan fingerprint density at radius 1 is 0.941 bits per heavy atom. The normalized spacial score (nSPS) is 10.9. The fourth-order valence-corrected chi connectivity index (χ4v) is 5.66. The first-order chi connectivity index (χ1) is 7.97. The van der Waals surface area contributed by atoms with Gasteiger partial charge in [0.1, 0.15) is 11.5 Å². The number of methoxy groups -OCH3 is 1. The number of ether oxygens (including phenoxy) is 1. The minimum Gasteiger partial charge on any atom is -0.506 e. The first-order valence-corrected chi connectivity index (χ1v) is 8.81. The van der Waals surface area contributed by atoms with Gasteiger partial charge in [0, 0.05) is 10.8 Å². The van der Waals surface area contributed by atoms with Crippen LogP contribution in [-0.4, -0.2) is 12.2 Å². The van der Waals surface area contributed by atoms with E-state index < -0.39 is 0 Å². The lowest BCUT2D eigenvalue weighted by Gasteiger charge is -2.12. The van der Waals surface area contributed by atoms with Crippen LogP contribution >= 0.6 is 90.4 Å². The zero-order valence-electron chi connectivity index (χ0n) is 8.52. The number of fused-ring (bicyclic) bond motifs is 1. The van der Waals surface area contributed by atoms with E-state index in [1.165, 1.54) is 0 Å². The second-order valence-corrected chi connectivity index (χ2v) is 7.80. The van der Waals surface area contributed by atoms with Gasteiger partial charge in [0.2, 0.25) is 0 Å². The van der Waals surface area contributed by atoms with E-state index >= 15 is 0 Å². The summed E-state index contributed by atoms with van der Waals surface area (Å²) in [4.78, 5) is 0. The minimum atomic E-state index is 0.357. The Labute approximate surface area is 153 Å². The highest BCUT2D eigenvalue weighted by Crippen LogP contribution is 2.40. The molecule has 0 saturated heterocycles. The third-order valence-electron chi connectivity index (χ3n) is 2.36. The van der Waals surface area contributed by atoms with Gasteiger partial charge in [0.15, 0.2) is 0 Å². The Hall–Kier alpha value is 1.22. The number of phenols is 1. The van der Waals surface area contributed by atoms with Crippen LogP contribution in [0.4, 0.5) is 0 Å². The standard InChI is InChI=1S/C11H6I4O2/c1-17-11-7(13)3-4-5(9(11)15)2-6(12)10(16)8(4)14/h2-3,16H,1H3. The SMILES string of the molecule is COc1c(I)cc2c(I)c(O)c(I)cc2c1I. The predicted molar refractivity (Wildman–Crippen MR) is 103 cm³/mol. The summed E-state index contributed by atoms with van der Waals surface area (Å²) in [6.45, 7) is 0. The summed E-state index contributed by atoms with van der Waals surface area (Å²) in [5.74, 6) is 1.26. The Balaban J connectivity index is 2.97. The van der Waals surface area contributed by atoms with Crippen molar-refractivity contribution in [2.24, 2.45) is 0 Å². The van der Waals surface area contributed by atoms with Crippen LogP contribution in [0, 0.1) is 14.3 Å². The molecule has 90 valence electrons. The summed E-state index contributed by atoms with van der Waals surface area (Å²) in [5.41, 5.74) is 0. The quantitative estimate of drug-likeness (QED) is 0.433. The molecule has 0 aliphatic heterocycles. The minimum absolute atomic E-state index is 0.357. The largest absolute Gasteiger partial charge is 0.506 e. The van der Waals surface area contributed by atoms with Crippen molar-refractivity contribution in [3.63, 3.8) is 0 Å². The molecule has 2 aromatic carbocycles. The van der Waals surface area contributed by atoms with Crippen LogP contribution in [0.5, 0.6) is 11.5 Å². The van der Waals surface area contributed by atoms with Gasteiger partial charge in [-0.2, -0.15) is 0 Å². The van der Waals surface area contributed by atoms with Crippen molar-refractivity contribution in [1.29, 1.82) is 0 Å². The van der Waals surface area contributed by atoms with Crippen LogP contribution in [0.1, 0.15) is 0 Å².